The van der Waals surface area contributed by atoms with Gasteiger partial charge in [-0.3, -0.25) is 9.78 Å². The number of pyridine rings is 1. The molecule has 2 bridgehead atoms. The van der Waals surface area contributed by atoms with Crippen LogP contribution < -0.4 is 4.90 Å². The lowest BCUT2D eigenvalue weighted by atomic mass is 9.83. The molecule has 3 aliphatic rings. The molecule has 3 aliphatic heterocycles. The summed E-state index contributed by atoms with van der Waals surface area (Å²) < 4.78 is 6.58. The van der Waals surface area contributed by atoms with Gasteiger partial charge in [-0.05, 0) is 23.6 Å². The van der Waals surface area contributed by atoms with Crippen molar-refractivity contribution in [1.29, 1.82) is 0 Å². The molecule has 3 fully saturated rings. The fourth-order valence-electron chi connectivity index (χ4n) is 5.84. The smallest absolute Gasteiger partial charge is 0.228 e. The monoisotopic (exact) mass is 435 g/mol. The van der Waals surface area contributed by atoms with Crippen molar-refractivity contribution in [3.8, 4) is 0 Å². The molecule has 0 unspecified atom stereocenters. The minimum atomic E-state index is -0.425. The van der Waals surface area contributed by atoms with Crippen LogP contribution in [0.2, 0.25) is 0 Å². The molecule has 2 aromatic heterocycles. The standard InChI is InChI=1S/C24H25N3O3S/c28-13-18-19-11-26(21-7-8-25-20-6-2-1-5-17(20)21)14-24(19)15-27(12-22(18)30-24)23(29)10-16-4-3-9-31-16/h1-9,18-19,22,28H,10-15H2/t18-,19+,22+,24-/m0/s1. The van der Waals surface area contributed by atoms with Crippen LogP contribution in [0.25, 0.3) is 10.9 Å². The van der Waals surface area contributed by atoms with E-state index < -0.39 is 5.60 Å². The first-order chi connectivity index (χ1) is 15.2. The Morgan fingerprint density at radius 2 is 2.10 bits per heavy atom. The molecular weight excluding hydrogens is 410 g/mol. The molecule has 1 aromatic carbocycles. The largest absolute Gasteiger partial charge is 0.396 e. The fraction of sp³-hybridized carbons (Fsp3) is 0.417. The lowest BCUT2D eigenvalue weighted by Crippen LogP contribution is -2.56. The number of anilines is 1. The maximum atomic E-state index is 13.1. The van der Waals surface area contributed by atoms with Gasteiger partial charge in [-0.1, -0.05) is 24.3 Å². The van der Waals surface area contributed by atoms with E-state index in [1.165, 1.54) is 0 Å². The zero-order chi connectivity index (χ0) is 21.0. The Kier molecular flexibility index (Phi) is 4.52. The van der Waals surface area contributed by atoms with Crippen LogP contribution >= 0.6 is 11.3 Å². The number of aliphatic hydroxyl groups excluding tert-OH is 1. The summed E-state index contributed by atoms with van der Waals surface area (Å²) in [6.45, 7) is 2.80. The number of amides is 1. The number of morpholine rings is 1. The van der Waals surface area contributed by atoms with Crippen LogP contribution in [0, 0.1) is 11.8 Å². The Balaban J connectivity index is 1.30. The van der Waals surface area contributed by atoms with E-state index in [0.717, 1.165) is 34.6 Å². The number of aliphatic hydroxyl groups is 1. The second kappa shape index (κ2) is 7.29. The minimum Gasteiger partial charge on any atom is -0.396 e. The highest BCUT2D eigenvalue weighted by Crippen LogP contribution is 2.50. The third-order valence-electron chi connectivity index (χ3n) is 7.23. The van der Waals surface area contributed by atoms with Crippen molar-refractivity contribution < 1.29 is 14.6 Å². The van der Waals surface area contributed by atoms with E-state index in [4.69, 9.17) is 4.74 Å². The van der Waals surface area contributed by atoms with Gasteiger partial charge in [0.25, 0.3) is 0 Å². The third kappa shape index (κ3) is 3.06. The number of ether oxygens (including phenoxy) is 1. The number of likely N-dealkylation sites (tertiary alicyclic amines) is 1. The molecule has 4 atom stereocenters. The van der Waals surface area contributed by atoms with Crippen molar-refractivity contribution in [3.63, 3.8) is 0 Å². The van der Waals surface area contributed by atoms with E-state index in [0.29, 0.717) is 19.5 Å². The molecule has 0 radical (unpaired) electrons. The maximum absolute atomic E-state index is 13.1. The number of rotatable bonds is 4. The van der Waals surface area contributed by atoms with Crippen molar-refractivity contribution in [2.45, 2.75) is 18.1 Å². The van der Waals surface area contributed by atoms with Crippen LogP contribution in [0.1, 0.15) is 4.88 Å². The second-order valence-corrected chi connectivity index (χ2v) is 9.96. The van der Waals surface area contributed by atoms with Gasteiger partial charge in [-0.15, -0.1) is 11.3 Å². The third-order valence-corrected chi connectivity index (χ3v) is 8.10. The maximum Gasteiger partial charge on any atom is 0.228 e. The predicted molar refractivity (Wildman–Crippen MR) is 120 cm³/mol. The van der Waals surface area contributed by atoms with E-state index in [9.17, 15) is 9.90 Å². The average molecular weight is 436 g/mol. The Morgan fingerprint density at radius 1 is 1.19 bits per heavy atom. The van der Waals surface area contributed by atoms with Gasteiger partial charge in [-0.25, -0.2) is 0 Å². The Morgan fingerprint density at radius 3 is 2.94 bits per heavy atom. The SMILES string of the molecule is O=C(Cc1cccs1)N1C[C@H]2O[C@]3(C1)CN(c1ccnc4ccccc14)C[C@@H]3[C@@H]2CO. The number of benzene rings is 1. The zero-order valence-electron chi connectivity index (χ0n) is 17.2. The molecule has 5 heterocycles. The lowest BCUT2D eigenvalue weighted by Gasteiger charge is -2.40. The van der Waals surface area contributed by atoms with Crippen LogP contribution in [0.15, 0.2) is 54.0 Å². The van der Waals surface area contributed by atoms with Crippen LogP contribution in [0.4, 0.5) is 5.69 Å². The van der Waals surface area contributed by atoms with E-state index in [2.05, 4.69) is 22.0 Å². The van der Waals surface area contributed by atoms with Crippen molar-refractivity contribution in [2.24, 2.45) is 11.8 Å². The fourth-order valence-corrected chi connectivity index (χ4v) is 6.53. The van der Waals surface area contributed by atoms with Crippen molar-refractivity contribution in [3.05, 3.63) is 58.9 Å². The highest BCUT2D eigenvalue weighted by atomic mass is 32.1. The molecule has 31 heavy (non-hydrogen) atoms. The molecule has 160 valence electrons. The molecule has 0 saturated carbocycles. The normalized spacial score (nSPS) is 29.5. The van der Waals surface area contributed by atoms with Crippen LogP contribution in [-0.4, -0.2) is 65.4 Å². The summed E-state index contributed by atoms with van der Waals surface area (Å²) in [7, 11) is 0. The van der Waals surface area contributed by atoms with E-state index in [1.807, 2.05) is 46.8 Å². The number of aromatic nitrogens is 1. The zero-order valence-corrected chi connectivity index (χ0v) is 18.0. The molecular formula is C24H25N3O3S. The molecule has 6 rings (SSSR count). The first-order valence-electron chi connectivity index (χ1n) is 10.8. The van der Waals surface area contributed by atoms with E-state index in [-0.39, 0.29) is 30.5 Å². The number of hydrogen-bond donors (Lipinski definition) is 1. The number of carbonyl (C=O) groups is 1. The van der Waals surface area contributed by atoms with Crippen molar-refractivity contribution >= 4 is 33.8 Å². The van der Waals surface area contributed by atoms with Gasteiger partial charge in [-0.2, -0.15) is 0 Å². The summed E-state index contributed by atoms with van der Waals surface area (Å²) in [5.74, 6) is 0.409. The molecule has 1 N–H and O–H groups in total. The predicted octanol–water partition coefficient (Wildman–Crippen LogP) is 2.56. The lowest BCUT2D eigenvalue weighted by molar-refractivity contribution is -0.151. The van der Waals surface area contributed by atoms with Gasteiger partial charge in [0.1, 0.15) is 5.60 Å². The van der Waals surface area contributed by atoms with Crippen molar-refractivity contribution in [2.75, 3.05) is 37.7 Å². The molecule has 3 saturated heterocycles. The molecule has 7 heteroatoms. The second-order valence-electron chi connectivity index (χ2n) is 8.93. The first kappa shape index (κ1) is 19.2. The van der Waals surface area contributed by atoms with Crippen LogP contribution in [0.3, 0.4) is 0 Å². The van der Waals surface area contributed by atoms with Gasteiger partial charge < -0.3 is 19.6 Å². The minimum absolute atomic E-state index is 0.0534. The molecule has 1 spiro atoms. The van der Waals surface area contributed by atoms with Crippen molar-refractivity contribution in [1.82, 2.24) is 9.88 Å². The average Bonchev–Trinajstić information content (AvgIpc) is 3.46. The van der Waals surface area contributed by atoms with Crippen LogP contribution in [0.5, 0.6) is 0 Å². The molecule has 1 amide bonds. The topological polar surface area (TPSA) is 65.9 Å². The number of nitrogens with zero attached hydrogens (tertiary/aromatic N) is 3. The Bertz CT molecular complexity index is 1110. The van der Waals surface area contributed by atoms with E-state index in [1.54, 1.807) is 11.3 Å². The number of carbonyl (C=O) groups excluding carboxylic acids is 1. The summed E-state index contributed by atoms with van der Waals surface area (Å²) in [4.78, 5) is 23.0. The summed E-state index contributed by atoms with van der Waals surface area (Å²) in [6, 6.07) is 14.2. The van der Waals surface area contributed by atoms with Gasteiger partial charge in [0, 0.05) is 60.2 Å². The highest BCUT2D eigenvalue weighted by Gasteiger charge is 2.62. The van der Waals surface area contributed by atoms with Crippen LogP contribution in [-0.2, 0) is 16.0 Å². The Hall–Kier alpha value is -2.48. The van der Waals surface area contributed by atoms with Gasteiger partial charge in [0.15, 0.2) is 0 Å². The molecule has 3 aromatic rings. The van der Waals surface area contributed by atoms with Gasteiger partial charge in [0.05, 0.1) is 24.6 Å². The summed E-state index contributed by atoms with van der Waals surface area (Å²) >= 11 is 1.62. The van der Waals surface area contributed by atoms with E-state index >= 15 is 0 Å². The molecule has 0 aliphatic carbocycles. The number of fused-ring (bicyclic) bond motifs is 2. The first-order valence-corrected chi connectivity index (χ1v) is 11.7. The summed E-state index contributed by atoms with van der Waals surface area (Å²) in [6.07, 6.45) is 2.20. The summed E-state index contributed by atoms with van der Waals surface area (Å²) in [5, 5.41) is 13.3. The number of hydrogen-bond acceptors (Lipinski definition) is 6. The number of para-hydroxylation sites is 1. The number of thiophene rings is 1. The highest BCUT2D eigenvalue weighted by molar-refractivity contribution is 7.10. The summed E-state index contributed by atoms with van der Waals surface area (Å²) in [5.41, 5.74) is 1.70. The quantitative estimate of drug-likeness (QED) is 0.682. The molecule has 6 nitrogen and oxygen atoms in total. The van der Waals surface area contributed by atoms with Gasteiger partial charge in [0.2, 0.25) is 5.91 Å². The van der Waals surface area contributed by atoms with Gasteiger partial charge >= 0.3 is 0 Å². The Labute approximate surface area is 185 Å².